The van der Waals surface area contributed by atoms with E-state index < -0.39 is 0 Å². The Morgan fingerprint density at radius 2 is 0.316 bits per heavy atom. The normalized spacial score (nSPS) is 13.8. The van der Waals surface area contributed by atoms with Gasteiger partial charge >= 0.3 is 0 Å². The van der Waals surface area contributed by atoms with Gasteiger partial charge in [-0.3, -0.25) is 0 Å². The molecule has 0 amide bonds. The van der Waals surface area contributed by atoms with Crippen molar-refractivity contribution >= 4 is 64.6 Å². The van der Waals surface area contributed by atoms with Crippen molar-refractivity contribution in [3.63, 3.8) is 0 Å². The van der Waals surface area contributed by atoms with Gasteiger partial charge in [0, 0.05) is 16.2 Å². The molecule has 20 aromatic carbocycles. The third kappa shape index (κ3) is 10.3. The maximum atomic E-state index is 2.55. The Bertz CT molecular complexity index is 7530. The van der Waals surface area contributed by atoms with Crippen LogP contribution < -0.4 is 0 Å². The second kappa shape index (κ2) is 26.0. The maximum Gasteiger partial charge on any atom is 0.0159 e. The van der Waals surface area contributed by atoms with Gasteiger partial charge in [0.15, 0.2) is 0 Å². The summed E-state index contributed by atoms with van der Waals surface area (Å²) in [6.45, 7) is 14.6. The zero-order valence-electron chi connectivity index (χ0n) is 66.5. The van der Waals surface area contributed by atoms with Crippen molar-refractivity contribution in [3.8, 4) is 145 Å². The Morgan fingerprint density at radius 1 is 0.120 bits per heavy atom. The van der Waals surface area contributed by atoms with Crippen LogP contribution in [0.25, 0.3) is 209 Å². The highest BCUT2D eigenvalue weighted by Crippen LogP contribution is 2.59. The molecule has 0 fully saturated rings. The molecule has 0 aliphatic heterocycles. The molecule has 0 nitrogen and oxygen atoms in total. The molecule has 0 spiro atoms. The molecule has 0 aromatic heterocycles. The fourth-order valence-corrected chi connectivity index (χ4v) is 21.4. The van der Waals surface area contributed by atoms with E-state index in [-0.39, 0.29) is 16.2 Å². The lowest BCUT2D eigenvalue weighted by atomic mass is 9.77. The van der Waals surface area contributed by atoms with Crippen molar-refractivity contribution in [2.75, 3.05) is 0 Å². The topological polar surface area (TPSA) is 0 Å². The van der Waals surface area contributed by atoms with Crippen LogP contribution in [-0.2, 0) is 16.2 Å². The lowest BCUT2D eigenvalue weighted by molar-refractivity contribution is 0.660. The van der Waals surface area contributed by atoms with Crippen LogP contribution in [-0.4, -0.2) is 0 Å². The first kappa shape index (κ1) is 68.5. The van der Waals surface area contributed by atoms with Gasteiger partial charge in [-0.25, -0.2) is 0 Å². The zero-order chi connectivity index (χ0) is 78.2. The Hall–Kier alpha value is -14.0. The molecule has 550 valence electrons. The summed E-state index contributed by atoms with van der Waals surface area (Å²) >= 11 is 0. The summed E-state index contributed by atoms with van der Waals surface area (Å²) in [6, 6.07) is 148. The SMILES string of the molecule is CC1(C)c2cc(-c3ccc4c(c3)C(C)(C)c3cc(-c5c6ccccc6c(-c6c7ccccc7c(-c7ccc8c(c7)C(C)(C)c7ccccc7-8)c7cc(-c8ccccc8)c(-c8ccccc8)cc67)c6ccccc56)ccc3-4)ccc2-c2ccc(-c3c4ccccc4c(-c4ccccc4)c4cc(-c5ccccc5)c(-c5ccccc5)cc34)cc21. The lowest BCUT2D eigenvalue weighted by Gasteiger charge is -2.25. The molecular weight excluding hydrogens is 1410 g/mol. The Morgan fingerprint density at radius 3 is 0.624 bits per heavy atom. The van der Waals surface area contributed by atoms with Gasteiger partial charge in [-0.2, -0.15) is 0 Å². The van der Waals surface area contributed by atoms with Gasteiger partial charge in [0.1, 0.15) is 0 Å². The zero-order valence-corrected chi connectivity index (χ0v) is 66.5. The molecule has 20 aromatic rings. The van der Waals surface area contributed by atoms with E-state index in [1.807, 2.05) is 0 Å². The fourth-order valence-electron chi connectivity index (χ4n) is 21.4. The monoisotopic (exact) mass is 1490 g/mol. The van der Waals surface area contributed by atoms with Gasteiger partial charge in [0.05, 0.1) is 0 Å². The third-order valence-corrected chi connectivity index (χ3v) is 27.0. The van der Waals surface area contributed by atoms with Crippen molar-refractivity contribution in [3.05, 3.63) is 422 Å². The highest BCUT2D eigenvalue weighted by Gasteiger charge is 2.40. The van der Waals surface area contributed by atoms with Crippen LogP contribution in [0.15, 0.2) is 388 Å². The highest BCUT2D eigenvalue weighted by molar-refractivity contribution is 6.31. The van der Waals surface area contributed by atoms with Crippen molar-refractivity contribution in [1.29, 1.82) is 0 Å². The van der Waals surface area contributed by atoms with E-state index in [9.17, 15) is 0 Å². The molecule has 3 aliphatic carbocycles. The quantitative estimate of drug-likeness (QED) is 0.120. The smallest absolute Gasteiger partial charge is 0.0159 e. The van der Waals surface area contributed by atoms with Gasteiger partial charge in [-0.05, 0) is 297 Å². The highest BCUT2D eigenvalue weighted by atomic mass is 14.4. The molecule has 0 saturated heterocycles. The number of hydrogen-bond acceptors (Lipinski definition) is 0. The molecular formula is C117H82. The summed E-state index contributed by atoms with van der Waals surface area (Å²) in [5.41, 5.74) is 39.8. The lowest BCUT2D eigenvalue weighted by Crippen LogP contribution is -2.15. The van der Waals surface area contributed by atoms with Crippen molar-refractivity contribution < 1.29 is 0 Å². The van der Waals surface area contributed by atoms with E-state index in [2.05, 4.69) is 430 Å². The summed E-state index contributed by atoms with van der Waals surface area (Å²) in [4.78, 5) is 0. The molecule has 0 N–H and O–H groups in total. The number of benzene rings is 20. The molecule has 0 bridgehead atoms. The molecule has 0 radical (unpaired) electrons. The van der Waals surface area contributed by atoms with E-state index >= 15 is 0 Å². The Balaban J connectivity index is 0.642. The van der Waals surface area contributed by atoms with Crippen LogP contribution in [0.1, 0.15) is 74.9 Å². The molecule has 117 heavy (non-hydrogen) atoms. The van der Waals surface area contributed by atoms with Crippen LogP contribution >= 0.6 is 0 Å². The number of fused-ring (bicyclic) bond motifs is 15. The summed E-state index contributed by atoms with van der Waals surface area (Å²) in [5, 5.41) is 14.9. The second-order valence-corrected chi connectivity index (χ2v) is 34.4. The molecule has 0 atom stereocenters. The Labute approximate surface area is 684 Å². The van der Waals surface area contributed by atoms with Gasteiger partial charge in [0.25, 0.3) is 0 Å². The largest absolute Gasteiger partial charge is 0.0622 e. The van der Waals surface area contributed by atoms with Gasteiger partial charge in [-0.15, -0.1) is 0 Å². The van der Waals surface area contributed by atoms with Gasteiger partial charge in [-0.1, -0.05) is 375 Å². The molecule has 0 unspecified atom stereocenters. The van der Waals surface area contributed by atoms with Crippen LogP contribution in [0.5, 0.6) is 0 Å². The van der Waals surface area contributed by atoms with E-state index in [0.29, 0.717) is 0 Å². The van der Waals surface area contributed by atoms with E-state index in [4.69, 9.17) is 0 Å². The standard InChI is InChI=1S/C117H82/c1-115(2)103-51-31-30-42-81(103)82-59-55-79(65-106(82)115)112-91-47-26-29-50-94(91)114(102-70-98(74-38-18-10-19-39-74)97(69-101(102)112)73-36-16-9-17-37-73)113-92-48-27-24-45-89(92)110(90-46-25-28-49-93(90)113)78-54-60-85-83-57-52-76(62-104(83)116(3,4)107(85)64-78)77-53-58-84-86-61-56-80(66-108(86)117(5,6)105(84)63-77)111-88-44-23-22-43-87(88)109(75-40-20-11-21-41-75)99-67-95(71-32-12-7-13-33-71)96(68-100(99)111)72-34-14-8-15-35-72/h7-70H,1-6H3. The van der Waals surface area contributed by atoms with Crippen molar-refractivity contribution in [2.24, 2.45) is 0 Å². The number of hydrogen-bond donors (Lipinski definition) is 0. The van der Waals surface area contributed by atoms with Crippen LogP contribution in [0, 0.1) is 0 Å². The van der Waals surface area contributed by atoms with E-state index in [1.54, 1.807) is 0 Å². The molecule has 3 aliphatic rings. The summed E-state index contributed by atoms with van der Waals surface area (Å²) in [7, 11) is 0. The Kier molecular flexibility index (Phi) is 15.2. The third-order valence-electron chi connectivity index (χ3n) is 27.0. The second-order valence-electron chi connectivity index (χ2n) is 34.4. The predicted molar refractivity (Wildman–Crippen MR) is 499 cm³/mol. The summed E-state index contributed by atoms with van der Waals surface area (Å²) in [6.07, 6.45) is 0. The fraction of sp³-hybridized carbons (Fsp3) is 0.0769. The minimum atomic E-state index is -0.309. The maximum absolute atomic E-state index is 2.55. The number of rotatable bonds is 10. The first-order valence-electron chi connectivity index (χ1n) is 41.4. The molecule has 0 saturated carbocycles. The van der Waals surface area contributed by atoms with Gasteiger partial charge < -0.3 is 0 Å². The summed E-state index contributed by atoms with van der Waals surface area (Å²) in [5.74, 6) is 0. The minimum Gasteiger partial charge on any atom is -0.0622 e. The first-order chi connectivity index (χ1) is 57.3. The predicted octanol–water partition coefficient (Wildman–Crippen LogP) is 32.2. The average Bonchev–Trinajstić information content (AvgIpc) is 1.70. The average molecular weight is 1490 g/mol. The van der Waals surface area contributed by atoms with Crippen molar-refractivity contribution in [2.45, 2.75) is 57.8 Å². The molecule has 0 heteroatoms. The first-order valence-corrected chi connectivity index (χ1v) is 41.4. The summed E-state index contributed by atoms with van der Waals surface area (Å²) < 4.78 is 0. The van der Waals surface area contributed by atoms with Gasteiger partial charge in [0.2, 0.25) is 0 Å². The minimum absolute atomic E-state index is 0.173. The van der Waals surface area contributed by atoms with E-state index in [1.165, 1.54) is 243 Å². The van der Waals surface area contributed by atoms with Crippen LogP contribution in [0.3, 0.4) is 0 Å². The molecule has 23 rings (SSSR count). The van der Waals surface area contributed by atoms with E-state index in [0.717, 1.165) is 0 Å². The van der Waals surface area contributed by atoms with Crippen LogP contribution in [0.4, 0.5) is 0 Å². The molecule has 0 heterocycles. The van der Waals surface area contributed by atoms with Crippen molar-refractivity contribution in [1.82, 2.24) is 0 Å². The van der Waals surface area contributed by atoms with Crippen LogP contribution in [0.2, 0.25) is 0 Å².